The lowest BCUT2D eigenvalue weighted by atomic mass is 10.2. The van der Waals surface area contributed by atoms with Crippen LogP contribution in [0.25, 0.3) is 0 Å². The van der Waals surface area contributed by atoms with E-state index >= 15 is 0 Å². The standard InChI is InChI=1S/C8H9BrN2O3/c1-11-5(3-7(9)10-11)6(12)4-8(13)14-2/h3H,4H2,1-2H3. The Balaban J connectivity index is 2.79. The maximum absolute atomic E-state index is 11.5. The summed E-state index contributed by atoms with van der Waals surface area (Å²) in [5.74, 6) is -0.857. The quantitative estimate of drug-likeness (QED) is 0.461. The van der Waals surface area contributed by atoms with E-state index in [0.29, 0.717) is 10.3 Å². The fourth-order valence-corrected chi connectivity index (χ4v) is 1.44. The number of methoxy groups -OCH3 is 1. The fourth-order valence-electron chi connectivity index (χ4n) is 0.987. The first-order valence-corrected chi connectivity index (χ1v) is 4.63. The van der Waals surface area contributed by atoms with E-state index in [0.717, 1.165) is 0 Å². The first kappa shape index (κ1) is 10.9. The summed E-state index contributed by atoms with van der Waals surface area (Å²) < 4.78 is 6.36. The second-order valence-electron chi connectivity index (χ2n) is 2.65. The summed E-state index contributed by atoms with van der Waals surface area (Å²) in [5.41, 5.74) is 0.377. The van der Waals surface area contributed by atoms with Crippen molar-refractivity contribution in [2.75, 3.05) is 7.11 Å². The van der Waals surface area contributed by atoms with Gasteiger partial charge in [-0.2, -0.15) is 5.10 Å². The van der Waals surface area contributed by atoms with Crippen molar-refractivity contribution < 1.29 is 14.3 Å². The average molecular weight is 261 g/mol. The lowest BCUT2D eigenvalue weighted by Crippen LogP contribution is -2.13. The minimum absolute atomic E-state index is 0.261. The summed E-state index contributed by atoms with van der Waals surface area (Å²) in [7, 11) is 2.88. The van der Waals surface area contributed by atoms with Crippen LogP contribution in [-0.4, -0.2) is 28.6 Å². The van der Waals surface area contributed by atoms with Gasteiger partial charge in [-0.15, -0.1) is 0 Å². The van der Waals surface area contributed by atoms with Gasteiger partial charge < -0.3 is 4.74 Å². The van der Waals surface area contributed by atoms with Crippen LogP contribution in [0.2, 0.25) is 0 Å². The molecule has 5 nitrogen and oxygen atoms in total. The van der Waals surface area contributed by atoms with E-state index < -0.39 is 5.97 Å². The number of ketones is 1. The highest BCUT2D eigenvalue weighted by Crippen LogP contribution is 2.11. The smallest absolute Gasteiger partial charge is 0.313 e. The molecule has 0 radical (unpaired) electrons. The fraction of sp³-hybridized carbons (Fsp3) is 0.375. The summed E-state index contributed by atoms with van der Waals surface area (Å²) in [5, 5.41) is 3.93. The third-order valence-corrected chi connectivity index (χ3v) is 2.06. The predicted octanol–water partition coefficient (Wildman–Crippen LogP) is 0.928. The van der Waals surface area contributed by atoms with E-state index in [2.05, 4.69) is 25.8 Å². The van der Waals surface area contributed by atoms with Gasteiger partial charge in [-0.3, -0.25) is 14.3 Å². The van der Waals surface area contributed by atoms with Gasteiger partial charge in [-0.05, 0) is 15.9 Å². The van der Waals surface area contributed by atoms with Crippen LogP contribution in [0, 0.1) is 0 Å². The maximum Gasteiger partial charge on any atom is 0.313 e. The van der Waals surface area contributed by atoms with Crippen molar-refractivity contribution in [1.82, 2.24) is 9.78 Å². The van der Waals surface area contributed by atoms with Crippen molar-refractivity contribution in [2.24, 2.45) is 7.05 Å². The van der Waals surface area contributed by atoms with E-state index in [-0.39, 0.29) is 12.2 Å². The van der Waals surface area contributed by atoms with Crippen molar-refractivity contribution in [1.29, 1.82) is 0 Å². The Morgan fingerprint density at radius 2 is 2.29 bits per heavy atom. The zero-order valence-electron chi connectivity index (χ0n) is 7.78. The summed E-state index contributed by atoms with van der Waals surface area (Å²) in [6.45, 7) is 0. The summed E-state index contributed by atoms with van der Waals surface area (Å²) in [4.78, 5) is 22.3. The third kappa shape index (κ3) is 2.41. The minimum atomic E-state index is -0.549. The van der Waals surface area contributed by atoms with Crippen LogP contribution >= 0.6 is 15.9 Å². The van der Waals surface area contributed by atoms with Crippen LogP contribution in [0.1, 0.15) is 16.9 Å². The van der Waals surface area contributed by atoms with E-state index in [1.54, 1.807) is 13.1 Å². The molecule has 1 heterocycles. The molecule has 0 atom stereocenters. The van der Waals surface area contributed by atoms with E-state index in [9.17, 15) is 9.59 Å². The van der Waals surface area contributed by atoms with E-state index in [1.165, 1.54) is 11.8 Å². The maximum atomic E-state index is 11.5. The summed E-state index contributed by atoms with van der Waals surface area (Å²) in [6.07, 6.45) is -0.261. The number of carbonyl (C=O) groups excluding carboxylic acids is 2. The van der Waals surface area contributed by atoms with Gasteiger partial charge in [0, 0.05) is 13.1 Å². The average Bonchev–Trinajstić information content (AvgIpc) is 2.45. The highest BCUT2D eigenvalue weighted by Gasteiger charge is 2.16. The topological polar surface area (TPSA) is 61.2 Å². The van der Waals surface area contributed by atoms with Crippen LogP contribution in [0.15, 0.2) is 10.7 Å². The Hall–Kier alpha value is -1.17. The second-order valence-corrected chi connectivity index (χ2v) is 3.46. The number of carbonyl (C=O) groups is 2. The molecule has 0 aliphatic carbocycles. The van der Waals surface area contributed by atoms with Gasteiger partial charge >= 0.3 is 5.97 Å². The van der Waals surface area contributed by atoms with Gasteiger partial charge in [0.25, 0.3) is 0 Å². The molecule has 0 fully saturated rings. The number of Topliss-reactive ketones (excluding diaryl/α,β-unsaturated/α-hetero) is 1. The Bertz CT molecular complexity index is 373. The first-order chi connectivity index (χ1) is 6.54. The van der Waals surface area contributed by atoms with Gasteiger partial charge in [0.05, 0.1) is 7.11 Å². The second kappa shape index (κ2) is 4.36. The van der Waals surface area contributed by atoms with Crippen molar-refractivity contribution >= 4 is 27.7 Å². The largest absolute Gasteiger partial charge is 0.469 e. The minimum Gasteiger partial charge on any atom is -0.469 e. The predicted molar refractivity (Wildman–Crippen MR) is 51.9 cm³/mol. The lowest BCUT2D eigenvalue weighted by molar-refractivity contribution is -0.139. The molecule has 76 valence electrons. The molecule has 1 aromatic rings. The molecule has 0 aliphatic rings. The van der Waals surface area contributed by atoms with Crippen molar-refractivity contribution in [3.8, 4) is 0 Å². The third-order valence-electron chi connectivity index (χ3n) is 1.67. The molecule has 0 spiro atoms. The van der Waals surface area contributed by atoms with Crippen LogP contribution < -0.4 is 0 Å². The molecule has 0 saturated heterocycles. The van der Waals surface area contributed by atoms with Gasteiger partial charge in [-0.25, -0.2) is 0 Å². The van der Waals surface area contributed by atoms with E-state index in [4.69, 9.17) is 0 Å². The summed E-state index contributed by atoms with van der Waals surface area (Å²) in [6, 6.07) is 1.56. The number of hydrogen-bond acceptors (Lipinski definition) is 4. The number of hydrogen-bond donors (Lipinski definition) is 0. The number of aromatic nitrogens is 2. The van der Waals surface area contributed by atoms with Gasteiger partial charge in [0.15, 0.2) is 5.78 Å². The highest BCUT2D eigenvalue weighted by molar-refractivity contribution is 9.10. The van der Waals surface area contributed by atoms with Crippen molar-refractivity contribution in [2.45, 2.75) is 6.42 Å². The Morgan fingerprint density at radius 1 is 1.64 bits per heavy atom. The van der Waals surface area contributed by atoms with Crippen molar-refractivity contribution in [3.05, 3.63) is 16.4 Å². The van der Waals surface area contributed by atoms with Gasteiger partial charge in [-0.1, -0.05) is 0 Å². The normalized spacial score (nSPS) is 9.93. The van der Waals surface area contributed by atoms with Gasteiger partial charge in [0.1, 0.15) is 16.7 Å². The number of nitrogens with zero attached hydrogens (tertiary/aromatic N) is 2. The molecular formula is C8H9BrN2O3. The monoisotopic (exact) mass is 260 g/mol. The molecule has 0 unspecified atom stereocenters. The SMILES string of the molecule is COC(=O)CC(=O)c1cc(Br)nn1C. The van der Waals surface area contributed by atoms with Crippen LogP contribution in [-0.2, 0) is 16.6 Å². The molecule has 0 saturated carbocycles. The molecule has 0 aliphatic heterocycles. The number of ether oxygens (including phenoxy) is 1. The molecular weight excluding hydrogens is 252 g/mol. The van der Waals surface area contributed by atoms with Crippen molar-refractivity contribution in [3.63, 3.8) is 0 Å². The Morgan fingerprint density at radius 3 is 2.71 bits per heavy atom. The van der Waals surface area contributed by atoms with Crippen LogP contribution in [0.4, 0.5) is 0 Å². The number of aryl methyl sites for hydroxylation is 1. The Kier molecular flexibility index (Phi) is 3.40. The molecule has 1 aromatic heterocycles. The molecule has 0 N–H and O–H groups in total. The Labute approximate surface area is 89.2 Å². The molecule has 0 amide bonds. The highest BCUT2D eigenvalue weighted by atomic mass is 79.9. The molecule has 0 bridgehead atoms. The van der Waals surface area contributed by atoms with Crippen LogP contribution in [0.5, 0.6) is 0 Å². The molecule has 14 heavy (non-hydrogen) atoms. The van der Waals surface area contributed by atoms with E-state index in [1.807, 2.05) is 0 Å². The first-order valence-electron chi connectivity index (χ1n) is 3.84. The van der Waals surface area contributed by atoms with Gasteiger partial charge in [0.2, 0.25) is 0 Å². The number of esters is 1. The zero-order chi connectivity index (χ0) is 10.7. The summed E-state index contributed by atoms with van der Waals surface area (Å²) >= 11 is 3.13. The molecule has 0 aromatic carbocycles. The zero-order valence-corrected chi connectivity index (χ0v) is 9.37. The molecule has 6 heteroatoms. The number of rotatable bonds is 3. The lowest BCUT2D eigenvalue weighted by Gasteiger charge is -1.99. The molecule has 1 rings (SSSR count). The van der Waals surface area contributed by atoms with Crippen LogP contribution in [0.3, 0.4) is 0 Å². The number of halogens is 1.